The largest absolute Gasteiger partial charge is 0.299 e. The molecule has 1 aromatic rings. The predicted molar refractivity (Wildman–Crippen MR) is 84.4 cm³/mol. The van der Waals surface area contributed by atoms with Gasteiger partial charge in [0.15, 0.2) is 0 Å². The SMILES string of the molecule is CS(=O)(=O)N1CCN(CCNS(=O)(=O)c2cc(F)ccc2F)CC1. The highest BCUT2D eigenvalue weighted by Crippen LogP contribution is 2.15. The molecule has 24 heavy (non-hydrogen) atoms. The molecule has 1 aromatic carbocycles. The minimum atomic E-state index is -4.15. The summed E-state index contributed by atoms with van der Waals surface area (Å²) < 4.78 is 77.0. The van der Waals surface area contributed by atoms with E-state index in [-0.39, 0.29) is 6.54 Å². The topological polar surface area (TPSA) is 86.8 Å². The molecule has 1 aliphatic heterocycles. The van der Waals surface area contributed by atoms with Gasteiger partial charge in [-0.05, 0) is 18.2 Å². The van der Waals surface area contributed by atoms with Crippen molar-refractivity contribution in [2.45, 2.75) is 4.90 Å². The van der Waals surface area contributed by atoms with E-state index in [2.05, 4.69) is 4.72 Å². The Morgan fingerprint density at radius 1 is 1.08 bits per heavy atom. The smallest absolute Gasteiger partial charge is 0.243 e. The second-order valence-electron chi connectivity index (χ2n) is 5.48. The molecule has 1 heterocycles. The zero-order valence-corrected chi connectivity index (χ0v) is 14.7. The van der Waals surface area contributed by atoms with Crippen LogP contribution in [0.2, 0.25) is 0 Å². The van der Waals surface area contributed by atoms with Crippen molar-refractivity contribution in [1.29, 1.82) is 0 Å². The quantitative estimate of drug-likeness (QED) is 0.737. The first kappa shape index (κ1) is 19.2. The van der Waals surface area contributed by atoms with Crippen LogP contribution in [0.15, 0.2) is 23.1 Å². The molecule has 1 N–H and O–H groups in total. The number of sulfonamides is 2. The van der Waals surface area contributed by atoms with E-state index in [1.54, 1.807) is 0 Å². The van der Waals surface area contributed by atoms with E-state index in [9.17, 15) is 25.6 Å². The Balaban J connectivity index is 1.87. The number of hydrogen-bond donors (Lipinski definition) is 1. The lowest BCUT2D eigenvalue weighted by atomic mass is 10.3. The van der Waals surface area contributed by atoms with Crippen LogP contribution in [0.3, 0.4) is 0 Å². The molecule has 1 fully saturated rings. The van der Waals surface area contributed by atoms with Crippen LogP contribution in [0.25, 0.3) is 0 Å². The minimum absolute atomic E-state index is 0.0111. The lowest BCUT2D eigenvalue weighted by molar-refractivity contribution is 0.192. The normalized spacial score (nSPS) is 18.0. The molecule has 0 aliphatic carbocycles. The summed E-state index contributed by atoms with van der Waals surface area (Å²) in [6.07, 6.45) is 1.14. The maximum absolute atomic E-state index is 13.5. The Labute approximate surface area is 140 Å². The fraction of sp³-hybridized carbons (Fsp3) is 0.538. The first-order valence-corrected chi connectivity index (χ1v) is 10.5. The Bertz CT molecular complexity index is 791. The standard InChI is InChI=1S/C13H19F2N3O4S2/c1-23(19,20)18-8-6-17(7-9-18)5-4-16-24(21,22)13-10-11(14)2-3-12(13)15/h2-3,10,16H,4-9H2,1H3. The molecule has 1 saturated heterocycles. The van der Waals surface area contributed by atoms with Crippen LogP contribution >= 0.6 is 0 Å². The van der Waals surface area contributed by atoms with Gasteiger partial charge < -0.3 is 0 Å². The van der Waals surface area contributed by atoms with Crippen molar-refractivity contribution in [2.24, 2.45) is 0 Å². The summed E-state index contributed by atoms with van der Waals surface area (Å²) in [5.41, 5.74) is 0. The zero-order chi connectivity index (χ0) is 18.0. The number of hydrogen-bond acceptors (Lipinski definition) is 5. The molecule has 1 aliphatic rings. The van der Waals surface area contributed by atoms with Gasteiger partial charge in [-0.3, -0.25) is 4.90 Å². The molecular weight excluding hydrogens is 364 g/mol. The summed E-state index contributed by atoms with van der Waals surface area (Å²) in [7, 11) is -7.37. The molecule has 0 saturated carbocycles. The fourth-order valence-corrected chi connectivity index (χ4v) is 4.32. The number of piperazine rings is 1. The Kier molecular flexibility index (Phi) is 5.91. The minimum Gasteiger partial charge on any atom is -0.299 e. The fourth-order valence-electron chi connectivity index (χ4n) is 2.38. The van der Waals surface area contributed by atoms with Crippen LogP contribution in [-0.2, 0) is 20.0 Å². The number of benzene rings is 1. The van der Waals surface area contributed by atoms with E-state index < -0.39 is 36.6 Å². The van der Waals surface area contributed by atoms with Crippen LogP contribution in [0.1, 0.15) is 0 Å². The first-order chi connectivity index (χ1) is 11.1. The highest BCUT2D eigenvalue weighted by atomic mass is 32.2. The third kappa shape index (κ3) is 4.93. The molecule has 11 heteroatoms. The molecular formula is C13H19F2N3O4S2. The van der Waals surface area contributed by atoms with Gasteiger partial charge in [-0.1, -0.05) is 0 Å². The van der Waals surface area contributed by atoms with Crippen LogP contribution in [-0.4, -0.2) is 71.6 Å². The summed E-state index contributed by atoms with van der Waals surface area (Å²) in [5, 5.41) is 0. The van der Waals surface area contributed by atoms with Crippen LogP contribution in [0.5, 0.6) is 0 Å². The van der Waals surface area contributed by atoms with Crippen LogP contribution < -0.4 is 4.72 Å². The third-order valence-corrected chi connectivity index (χ3v) is 6.48. The maximum Gasteiger partial charge on any atom is 0.243 e. The monoisotopic (exact) mass is 383 g/mol. The van der Waals surface area contributed by atoms with E-state index in [1.165, 1.54) is 4.31 Å². The van der Waals surface area contributed by atoms with Gasteiger partial charge in [-0.2, -0.15) is 4.31 Å². The molecule has 0 aromatic heterocycles. The van der Waals surface area contributed by atoms with Gasteiger partial charge in [0.25, 0.3) is 0 Å². The van der Waals surface area contributed by atoms with Crippen molar-refractivity contribution in [1.82, 2.24) is 13.9 Å². The highest BCUT2D eigenvalue weighted by molar-refractivity contribution is 7.89. The summed E-state index contributed by atoms with van der Waals surface area (Å²) in [6, 6.07) is 2.23. The van der Waals surface area contributed by atoms with E-state index in [0.717, 1.165) is 18.4 Å². The Morgan fingerprint density at radius 3 is 2.29 bits per heavy atom. The van der Waals surface area contributed by atoms with Crippen molar-refractivity contribution in [3.8, 4) is 0 Å². The highest BCUT2D eigenvalue weighted by Gasteiger charge is 2.24. The average molecular weight is 383 g/mol. The van der Waals surface area contributed by atoms with Gasteiger partial charge in [-0.15, -0.1) is 0 Å². The number of nitrogens with zero attached hydrogens (tertiary/aromatic N) is 2. The zero-order valence-electron chi connectivity index (χ0n) is 13.1. The van der Waals surface area contributed by atoms with Gasteiger partial charge in [0.05, 0.1) is 6.26 Å². The molecule has 0 radical (unpaired) electrons. The Morgan fingerprint density at radius 2 is 1.71 bits per heavy atom. The summed E-state index contributed by atoms with van der Waals surface area (Å²) in [4.78, 5) is 1.16. The first-order valence-electron chi connectivity index (χ1n) is 7.22. The lowest BCUT2D eigenvalue weighted by Gasteiger charge is -2.33. The van der Waals surface area contributed by atoms with Crippen molar-refractivity contribution < 1.29 is 25.6 Å². The van der Waals surface area contributed by atoms with E-state index in [1.807, 2.05) is 4.90 Å². The molecule has 0 bridgehead atoms. The van der Waals surface area contributed by atoms with Crippen molar-refractivity contribution in [3.63, 3.8) is 0 Å². The van der Waals surface area contributed by atoms with E-state index in [4.69, 9.17) is 0 Å². The molecule has 136 valence electrons. The van der Waals surface area contributed by atoms with Gasteiger partial charge in [-0.25, -0.2) is 30.3 Å². The summed E-state index contributed by atoms with van der Waals surface area (Å²) in [6.45, 7) is 1.98. The summed E-state index contributed by atoms with van der Waals surface area (Å²) >= 11 is 0. The van der Waals surface area contributed by atoms with E-state index >= 15 is 0 Å². The maximum atomic E-state index is 13.5. The van der Waals surface area contributed by atoms with E-state index in [0.29, 0.717) is 38.8 Å². The number of nitrogens with one attached hydrogen (secondary N) is 1. The molecule has 0 spiro atoms. The Hall–Kier alpha value is -1.14. The predicted octanol–water partition coefficient (Wildman–Crippen LogP) is -0.180. The van der Waals surface area contributed by atoms with Crippen molar-refractivity contribution >= 4 is 20.0 Å². The molecule has 0 amide bonds. The number of rotatable bonds is 6. The second kappa shape index (κ2) is 7.40. The second-order valence-corrected chi connectivity index (χ2v) is 9.19. The average Bonchev–Trinajstić information content (AvgIpc) is 2.49. The summed E-state index contributed by atoms with van der Waals surface area (Å²) in [5.74, 6) is -1.86. The molecule has 0 atom stereocenters. The van der Waals surface area contributed by atoms with Crippen LogP contribution in [0, 0.1) is 11.6 Å². The lowest BCUT2D eigenvalue weighted by Crippen LogP contribution is -2.49. The van der Waals surface area contributed by atoms with Gasteiger partial charge in [0.2, 0.25) is 20.0 Å². The third-order valence-electron chi connectivity index (χ3n) is 3.70. The molecule has 7 nitrogen and oxygen atoms in total. The van der Waals surface area contributed by atoms with Crippen molar-refractivity contribution in [2.75, 3.05) is 45.5 Å². The molecule has 2 rings (SSSR count). The molecule has 0 unspecified atom stereocenters. The van der Waals surface area contributed by atoms with Gasteiger partial charge in [0, 0.05) is 39.3 Å². The van der Waals surface area contributed by atoms with Crippen molar-refractivity contribution in [3.05, 3.63) is 29.8 Å². The van der Waals surface area contributed by atoms with Gasteiger partial charge in [0.1, 0.15) is 16.5 Å². The van der Waals surface area contributed by atoms with Gasteiger partial charge >= 0.3 is 0 Å². The van der Waals surface area contributed by atoms with Crippen LogP contribution in [0.4, 0.5) is 8.78 Å². The number of halogens is 2.